The van der Waals surface area contributed by atoms with Crippen LogP contribution in [0.5, 0.6) is 5.75 Å². The van der Waals surface area contributed by atoms with E-state index in [0.29, 0.717) is 12.7 Å². The highest BCUT2D eigenvalue weighted by Crippen LogP contribution is 2.35. The van der Waals surface area contributed by atoms with Gasteiger partial charge in [0.15, 0.2) is 0 Å². The highest BCUT2D eigenvalue weighted by Gasteiger charge is 2.41. The van der Waals surface area contributed by atoms with E-state index in [-0.39, 0.29) is 17.3 Å². The molecule has 128 valence electrons. The first kappa shape index (κ1) is 19.5. The van der Waals surface area contributed by atoms with Crippen molar-refractivity contribution < 1.29 is 24.2 Å². The smallest absolute Gasteiger partial charge is 0.329 e. The summed E-state index contributed by atoms with van der Waals surface area (Å²) >= 11 is 4.76. The minimum atomic E-state index is -0.969. The van der Waals surface area contributed by atoms with Crippen LogP contribution in [0.4, 0.5) is 4.79 Å². The van der Waals surface area contributed by atoms with E-state index in [1.807, 2.05) is 45.2 Å². The van der Waals surface area contributed by atoms with Crippen molar-refractivity contribution in [3.05, 3.63) is 29.7 Å². The van der Waals surface area contributed by atoms with E-state index in [1.165, 1.54) is 6.92 Å². The predicted molar refractivity (Wildman–Crippen MR) is 107 cm³/mol. The summed E-state index contributed by atoms with van der Waals surface area (Å²) in [7, 11) is 0. The second kappa shape index (κ2) is 8.04. The van der Waals surface area contributed by atoms with Crippen molar-refractivity contribution in [1.29, 1.82) is 0 Å². The van der Waals surface area contributed by atoms with Gasteiger partial charge in [-0.05, 0) is 94.6 Å². The molecular weight excluding hydrogens is 560 g/mol. The Hall–Kier alpha value is -0.820. The quantitative estimate of drug-likeness (QED) is 0.337. The van der Waals surface area contributed by atoms with E-state index in [1.54, 1.807) is 25.1 Å². The lowest BCUT2D eigenvalue weighted by Gasteiger charge is -2.19. The molecule has 2 amide bonds. The molecule has 1 atom stereocenters. The maximum absolute atomic E-state index is 12.5. The van der Waals surface area contributed by atoms with Crippen molar-refractivity contribution in [2.45, 2.75) is 19.9 Å². The van der Waals surface area contributed by atoms with Crippen molar-refractivity contribution in [3.8, 4) is 5.75 Å². The topological polar surface area (TPSA) is 83.9 Å². The minimum Gasteiger partial charge on any atom is -0.506 e. The Labute approximate surface area is 170 Å². The fourth-order valence-corrected chi connectivity index (χ4v) is 4.73. The Bertz CT molecular complexity index is 726. The third-order valence-corrected chi connectivity index (χ3v) is 5.70. The van der Waals surface area contributed by atoms with E-state index in [9.17, 15) is 19.5 Å². The standard InChI is InChI=1S/C15H13I2NO5S/c1-3-23-14(21)7(2)18-13(20)11(24-15(18)22)6-8-4-9(16)12(19)10(17)5-8/h4-7,19H,3H2,1-2H3/b11-6+/t7-/m0/s1. The molecule has 1 saturated heterocycles. The highest BCUT2D eigenvalue weighted by molar-refractivity contribution is 14.1. The van der Waals surface area contributed by atoms with Gasteiger partial charge >= 0.3 is 5.97 Å². The molecule has 1 aliphatic heterocycles. The Morgan fingerprint density at radius 2 is 1.96 bits per heavy atom. The molecule has 1 aromatic carbocycles. The Morgan fingerprint density at radius 3 is 2.50 bits per heavy atom. The number of halogens is 2. The first-order valence-electron chi connectivity index (χ1n) is 6.88. The lowest BCUT2D eigenvalue weighted by atomic mass is 10.2. The normalized spacial score (nSPS) is 17.5. The summed E-state index contributed by atoms with van der Waals surface area (Å²) in [5.41, 5.74) is 0.691. The molecule has 24 heavy (non-hydrogen) atoms. The molecule has 0 bridgehead atoms. The van der Waals surface area contributed by atoms with Gasteiger partial charge in [-0.2, -0.15) is 0 Å². The summed E-state index contributed by atoms with van der Waals surface area (Å²) < 4.78 is 6.15. The van der Waals surface area contributed by atoms with Gasteiger partial charge in [-0.3, -0.25) is 14.5 Å². The monoisotopic (exact) mass is 573 g/mol. The molecule has 1 N–H and O–H groups in total. The second-order valence-electron chi connectivity index (χ2n) is 4.81. The van der Waals surface area contributed by atoms with E-state index in [4.69, 9.17) is 4.74 Å². The average molecular weight is 573 g/mol. The van der Waals surface area contributed by atoms with Crippen LogP contribution in [0, 0.1) is 7.14 Å². The molecule has 0 spiro atoms. The number of ether oxygens (including phenoxy) is 1. The number of hydrogen-bond acceptors (Lipinski definition) is 6. The van der Waals surface area contributed by atoms with Crippen molar-refractivity contribution in [3.63, 3.8) is 0 Å². The van der Waals surface area contributed by atoms with E-state index in [2.05, 4.69) is 0 Å². The van der Waals surface area contributed by atoms with Gasteiger partial charge in [-0.1, -0.05) is 0 Å². The third kappa shape index (κ3) is 4.04. The number of carbonyl (C=O) groups excluding carboxylic acids is 3. The summed E-state index contributed by atoms with van der Waals surface area (Å²) in [6, 6.07) is 2.45. The van der Waals surface area contributed by atoms with Crippen molar-refractivity contribution in [2.75, 3.05) is 6.61 Å². The Balaban J connectivity index is 2.30. The minimum absolute atomic E-state index is 0.178. The van der Waals surface area contributed by atoms with E-state index in [0.717, 1.165) is 16.7 Å². The van der Waals surface area contributed by atoms with Gasteiger partial charge < -0.3 is 9.84 Å². The maximum Gasteiger partial charge on any atom is 0.329 e. The molecule has 1 aromatic rings. The van der Waals surface area contributed by atoms with Crippen LogP contribution in [0.3, 0.4) is 0 Å². The first-order valence-corrected chi connectivity index (χ1v) is 9.85. The first-order chi connectivity index (χ1) is 11.3. The molecule has 1 aliphatic rings. The zero-order chi connectivity index (χ0) is 18.0. The molecule has 0 saturated carbocycles. The van der Waals surface area contributed by atoms with Gasteiger partial charge in [-0.15, -0.1) is 0 Å². The summed E-state index contributed by atoms with van der Waals surface area (Å²) in [4.78, 5) is 37.5. The number of carbonyl (C=O) groups is 3. The van der Waals surface area contributed by atoms with Gasteiger partial charge in [0.2, 0.25) is 0 Å². The number of esters is 1. The van der Waals surface area contributed by atoms with Crippen LogP contribution in [0.1, 0.15) is 19.4 Å². The third-order valence-electron chi connectivity index (χ3n) is 3.18. The number of hydrogen-bond donors (Lipinski definition) is 1. The average Bonchev–Trinajstić information content (AvgIpc) is 2.78. The fourth-order valence-electron chi connectivity index (χ4n) is 2.00. The van der Waals surface area contributed by atoms with Crippen LogP contribution in [0.25, 0.3) is 6.08 Å². The molecule has 0 aromatic heterocycles. The van der Waals surface area contributed by atoms with Crippen molar-refractivity contribution in [1.82, 2.24) is 4.90 Å². The molecule has 9 heteroatoms. The predicted octanol–water partition coefficient (Wildman–Crippen LogP) is 3.59. The molecule has 6 nitrogen and oxygen atoms in total. The van der Waals surface area contributed by atoms with Crippen LogP contribution >= 0.6 is 56.9 Å². The highest BCUT2D eigenvalue weighted by atomic mass is 127. The number of nitrogens with zero attached hydrogens (tertiary/aromatic N) is 1. The Morgan fingerprint density at radius 1 is 1.38 bits per heavy atom. The van der Waals surface area contributed by atoms with E-state index < -0.39 is 23.2 Å². The van der Waals surface area contributed by atoms with Gasteiger partial charge in [0.25, 0.3) is 11.1 Å². The van der Waals surface area contributed by atoms with Crippen LogP contribution in [0.2, 0.25) is 0 Å². The van der Waals surface area contributed by atoms with Crippen molar-refractivity contribution >= 4 is 80.1 Å². The lowest BCUT2D eigenvalue weighted by molar-refractivity contribution is -0.150. The number of imide groups is 1. The van der Waals surface area contributed by atoms with Crippen LogP contribution in [0.15, 0.2) is 17.0 Å². The molecule has 1 heterocycles. The van der Waals surface area contributed by atoms with Gasteiger partial charge in [0.1, 0.15) is 11.8 Å². The number of rotatable bonds is 4. The maximum atomic E-state index is 12.5. The molecule has 0 unspecified atom stereocenters. The van der Waals surface area contributed by atoms with Crippen LogP contribution < -0.4 is 0 Å². The number of benzene rings is 1. The lowest BCUT2D eigenvalue weighted by Crippen LogP contribution is -2.42. The number of thioether (sulfide) groups is 1. The zero-order valence-corrected chi connectivity index (χ0v) is 17.8. The van der Waals surface area contributed by atoms with Crippen molar-refractivity contribution in [2.24, 2.45) is 0 Å². The molecular formula is C15H13I2NO5S. The Kier molecular flexibility index (Phi) is 6.53. The summed E-state index contributed by atoms with van der Waals surface area (Å²) in [6.07, 6.45) is 1.58. The largest absolute Gasteiger partial charge is 0.506 e. The zero-order valence-electron chi connectivity index (χ0n) is 12.7. The summed E-state index contributed by atoms with van der Waals surface area (Å²) in [5.74, 6) is -0.962. The summed E-state index contributed by atoms with van der Waals surface area (Å²) in [5, 5.41) is 9.29. The summed E-state index contributed by atoms with van der Waals surface area (Å²) in [6.45, 7) is 3.30. The molecule has 0 radical (unpaired) electrons. The molecule has 2 rings (SSSR count). The van der Waals surface area contributed by atoms with Gasteiger partial charge in [0.05, 0.1) is 18.7 Å². The molecule has 0 aliphatic carbocycles. The van der Waals surface area contributed by atoms with E-state index >= 15 is 0 Å². The number of phenols is 1. The van der Waals surface area contributed by atoms with Crippen LogP contribution in [-0.2, 0) is 14.3 Å². The SMILES string of the molecule is CCOC(=O)[C@H](C)N1C(=O)S/C(=C/c2cc(I)c(O)c(I)c2)C1=O. The van der Waals surface area contributed by atoms with Gasteiger partial charge in [0, 0.05) is 0 Å². The number of phenolic OH excluding ortho intramolecular Hbond substituents is 1. The molecule has 1 fully saturated rings. The van der Waals surface area contributed by atoms with Crippen LogP contribution in [-0.4, -0.2) is 39.8 Å². The number of amides is 2. The fraction of sp³-hybridized carbons (Fsp3) is 0.267. The second-order valence-corrected chi connectivity index (χ2v) is 8.13. The number of aromatic hydroxyl groups is 1. The van der Waals surface area contributed by atoms with Gasteiger partial charge in [-0.25, -0.2) is 4.79 Å².